The molecular formula is C14H17FN2. The molecule has 0 saturated carbocycles. The van der Waals surface area contributed by atoms with Crippen molar-refractivity contribution in [2.75, 3.05) is 0 Å². The van der Waals surface area contributed by atoms with Gasteiger partial charge in [0.1, 0.15) is 5.82 Å². The second-order valence-corrected chi connectivity index (χ2v) is 4.66. The smallest absolute Gasteiger partial charge is 0.127 e. The van der Waals surface area contributed by atoms with E-state index in [4.69, 9.17) is 0 Å². The number of hydrogen-bond acceptors (Lipinski definition) is 1. The molecule has 3 heteroatoms. The van der Waals surface area contributed by atoms with E-state index in [-0.39, 0.29) is 11.7 Å². The number of nitrogens with zero attached hydrogens (tertiary/aromatic N) is 2. The summed E-state index contributed by atoms with van der Waals surface area (Å²) in [6, 6.07) is 5.42. The summed E-state index contributed by atoms with van der Waals surface area (Å²) in [5.41, 5.74) is 3.68. The van der Waals surface area contributed by atoms with Crippen LogP contribution in [0.25, 0.3) is 11.1 Å². The molecule has 1 heterocycles. The monoisotopic (exact) mass is 232 g/mol. The Morgan fingerprint density at radius 3 is 2.47 bits per heavy atom. The molecule has 1 aromatic heterocycles. The van der Waals surface area contributed by atoms with Gasteiger partial charge < -0.3 is 0 Å². The predicted octanol–water partition coefficient (Wildman–Crippen LogP) is 3.66. The van der Waals surface area contributed by atoms with Gasteiger partial charge in [-0.1, -0.05) is 26.0 Å². The molecule has 0 N–H and O–H groups in total. The maximum Gasteiger partial charge on any atom is 0.127 e. The van der Waals surface area contributed by atoms with Crippen LogP contribution >= 0.6 is 0 Å². The van der Waals surface area contributed by atoms with Crippen molar-refractivity contribution in [1.82, 2.24) is 9.78 Å². The van der Waals surface area contributed by atoms with Crippen LogP contribution in [0.2, 0.25) is 0 Å². The quantitative estimate of drug-likeness (QED) is 0.772. The molecule has 2 rings (SSSR count). The van der Waals surface area contributed by atoms with E-state index in [1.165, 1.54) is 0 Å². The summed E-state index contributed by atoms with van der Waals surface area (Å²) < 4.78 is 15.7. The molecule has 0 unspecified atom stereocenters. The van der Waals surface area contributed by atoms with Gasteiger partial charge in [-0.15, -0.1) is 0 Å². The summed E-state index contributed by atoms with van der Waals surface area (Å²) in [7, 11) is 1.89. The van der Waals surface area contributed by atoms with Crippen LogP contribution in [0.3, 0.4) is 0 Å². The normalized spacial score (nSPS) is 11.2. The lowest BCUT2D eigenvalue weighted by Crippen LogP contribution is -1.95. The van der Waals surface area contributed by atoms with Gasteiger partial charge in [0.2, 0.25) is 0 Å². The van der Waals surface area contributed by atoms with Gasteiger partial charge in [0.05, 0.1) is 6.20 Å². The van der Waals surface area contributed by atoms with Crippen LogP contribution in [0, 0.1) is 12.7 Å². The third-order valence-electron chi connectivity index (χ3n) is 3.17. The zero-order chi connectivity index (χ0) is 12.6. The van der Waals surface area contributed by atoms with Crippen LogP contribution in [0.15, 0.2) is 24.4 Å². The number of aryl methyl sites for hydroxylation is 1. The fraction of sp³-hybridized carbons (Fsp3) is 0.357. The van der Waals surface area contributed by atoms with Gasteiger partial charge in [0.25, 0.3) is 0 Å². The first-order valence-electron chi connectivity index (χ1n) is 5.79. The summed E-state index contributed by atoms with van der Waals surface area (Å²) in [4.78, 5) is 0. The molecule has 1 aromatic carbocycles. The Morgan fingerprint density at radius 1 is 1.29 bits per heavy atom. The molecule has 2 nitrogen and oxygen atoms in total. The Morgan fingerprint density at radius 2 is 2.00 bits per heavy atom. The molecule has 0 fully saturated rings. The van der Waals surface area contributed by atoms with E-state index in [0.29, 0.717) is 0 Å². The molecule has 0 radical (unpaired) electrons. The van der Waals surface area contributed by atoms with Gasteiger partial charge in [0, 0.05) is 18.3 Å². The fourth-order valence-corrected chi connectivity index (χ4v) is 1.94. The lowest BCUT2D eigenvalue weighted by molar-refractivity contribution is 0.599. The Hall–Kier alpha value is -1.64. The number of hydrogen-bond donors (Lipinski definition) is 0. The minimum absolute atomic E-state index is 0.138. The molecule has 0 bridgehead atoms. The molecule has 2 aromatic rings. The molecule has 0 saturated heterocycles. The summed E-state index contributed by atoms with van der Waals surface area (Å²) in [6.45, 7) is 5.97. The van der Waals surface area contributed by atoms with E-state index in [1.54, 1.807) is 16.9 Å². The van der Waals surface area contributed by atoms with E-state index in [0.717, 1.165) is 22.4 Å². The summed E-state index contributed by atoms with van der Waals surface area (Å²) in [5, 5.41) is 4.17. The van der Waals surface area contributed by atoms with Crippen LogP contribution in [-0.4, -0.2) is 9.78 Å². The van der Waals surface area contributed by atoms with Gasteiger partial charge in [-0.05, 0) is 30.0 Å². The van der Waals surface area contributed by atoms with Crippen LogP contribution in [0.5, 0.6) is 0 Å². The minimum Gasteiger partial charge on any atom is -0.272 e. The van der Waals surface area contributed by atoms with E-state index in [2.05, 4.69) is 5.10 Å². The van der Waals surface area contributed by atoms with Crippen LogP contribution in [0.4, 0.5) is 4.39 Å². The molecule has 0 aliphatic heterocycles. The van der Waals surface area contributed by atoms with Gasteiger partial charge >= 0.3 is 0 Å². The van der Waals surface area contributed by atoms with Gasteiger partial charge in [0.15, 0.2) is 0 Å². The van der Waals surface area contributed by atoms with Crippen molar-refractivity contribution in [3.8, 4) is 11.1 Å². The van der Waals surface area contributed by atoms with Gasteiger partial charge in [-0.25, -0.2) is 4.39 Å². The van der Waals surface area contributed by atoms with Crippen molar-refractivity contribution in [2.45, 2.75) is 26.7 Å². The number of halogens is 1. The SMILES string of the molecule is Cc1c(-c2ccc(C(C)C)c(F)c2)cnn1C. The highest BCUT2D eigenvalue weighted by Crippen LogP contribution is 2.27. The average Bonchev–Trinajstić information content (AvgIpc) is 2.59. The van der Waals surface area contributed by atoms with Crippen molar-refractivity contribution >= 4 is 0 Å². The van der Waals surface area contributed by atoms with Crippen molar-refractivity contribution < 1.29 is 4.39 Å². The molecule has 0 aliphatic carbocycles. The Labute approximate surface area is 101 Å². The molecule has 0 spiro atoms. The Kier molecular flexibility index (Phi) is 3.01. The molecule has 17 heavy (non-hydrogen) atoms. The molecule has 0 atom stereocenters. The zero-order valence-corrected chi connectivity index (χ0v) is 10.7. The molecule has 0 amide bonds. The first kappa shape index (κ1) is 11.8. The first-order chi connectivity index (χ1) is 8.00. The predicted molar refractivity (Wildman–Crippen MR) is 67.4 cm³/mol. The van der Waals surface area contributed by atoms with Crippen LogP contribution in [-0.2, 0) is 7.05 Å². The number of rotatable bonds is 2. The maximum absolute atomic E-state index is 13.9. The van der Waals surface area contributed by atoms with Crippen LogP contribution < -0.4 is 0 Å². The summed E-state index contributed by atoms with van der Waals surface area (Å²) >= 11 is 0. The molecular weight excluding hydrogens is 215 g/mol. The number of aromatic nitrogens is 2. The van der Waals surface area contributed by atoms with E-state index in [9.17, 15) is 4.39 Å². The third-order valence-corrected chi connectivity index (χ3v) is 3.17. The second kappa shape index (κ2) is 4.32. The topological polar surface area (TPSA) is 17.8 Å². The van der Waals surface area contributed by atoms with Gasteiger partial charge in [-0.3, -0.25) is 4.68 Å². The highest BCUT2D eigenvalue weighted by Gasteiger charge is 2.11. The van der Waals surface area contributed by atoms with Crippen LogP contribution in [0.1, 0.15) is 31.0 Å². The second-order valence-electron chi connectivity index (χ2n) is 4.66. The first-order valence-corrected chi connectivity index (χ1v) is 5.79. The van der Waals surface area contributed by atoms with E-state index < -0.39 is 0 Å². The zero-order valence-electron chi connectivity index (χ0n) is 10.7. The van der Waals surface area contributed by atoms with Crippen molar-refractivity contribution in [1.29, 1.82) is 0 Å². The summed E-state index contributed by atoms with van der Waals surface area (Å²) in [6.07, 6.45) is 1.78. The largest absolute Gasteiger partial charge is 0.272 e. The number of benzene rings is 1. The van der Waals surface area contributed by atoms with Gasteiger partial charge in [-0.2, -0.15) is 5.10 Å². The lowest BCUT2D eigenvalue weighted by atomic mass is 9.98. The minimum atomic E-state index is -0.138. The van der Waals surface area contributed by atoms with Crippen molar-refractivity contribution in [3.63, 3.8) is 0 Å². The average molecular weight is 232 g/mol. The lowest BCUT2D eigenvalue weighted by Gasteiger charge is -2.08. The summed E-state index contributed by atoms with van der Waals surface area (Å²) in [5.74, 6) is 0.0693. The standard InChI is InChI=1S/C14H17FN2/c1-9(2)12-6-5-11(7-14(12)15)13-8-16-17(4)10(13)3/h5-9H,1-4H3. The Bertz CT molecular complexity index is 541. The van der Waals surface area contributed by atoms with E-state index in [1.807, 2.05) is 40.0 Å². The van der Waals surface area contributed by atoms with E-state index >= 15 is 0 Å². The molecule has 0 aliphatic rings. The maximum atomic E-state index is 13.9. The van der Waals surface area contributed by atoms with Crippen molar-refractivity contribution in [2.24, 2.45) is 7.05 Å². The highest BCUT2D eigenvalue weighted by molar-refractivity contribution is 5.65. The molecule has 90 valence electrons. The fourth-order valence-electron chi connectivity index (χ4n) is 1.94. The third kappa shape index (κ3) is 2.09. The van der Waals surface area contributed by atoms with Crippen molar-refractivity contribution in [3.05, 3.63) is 41.5 Å². The Balaban J connectivity index is 2.48. The highest BCUT2D eigenvalue weighted by atomic mass is 19.1.